The molecular formula is C50H33N5. The molecule has 4 heterocycles. The third-order valence-corrected chi connectivity index (χ3v) is 12.0. The molecule has 55 heavy (non-hydrogen) atoms. The van der Waals surface area contributed by atoms with Gasteiger partial charge in [0.1, 0.15) is 17.8 Å². The zero-order valence-electron chi connectivity index (χ0n) is 30.3. The van der Waals surface area contributed by atoms with Gasteiger partial charge in [-0.3, -0.25) is 8.97 Å². The van der Waals surface area contributed by atoms with Gasteiger partial charge in [0.15, 0.2) is 0 Å². The van der Waals surface area contributed by atoms with E-state index in [1.165, 1.54) is 54.9 Å². The number of hydrogen-bond donors (Lipinski definition) is 0. The van der Waals surface area contributed by atoms with Crippen molar-refractivity contribution in [3.05, 3.63) is 175 Å². The second kappa shape index (κ2) is 11.0. The van der Waals surface area contributed by atoms with Crippen molar-refractivity contribution in [2.75, 3.05) is 0 Å². The van der Waals surface area contributed by atoms with Crippen LogP contribution >= 0.6 is 0 Å². The largest absolute Gasteiger partial charge is 0.294 e. The Labute approximate surface area is 316 Å². The van der Waals surface area contributed by atoms with Crippen molar-refractivity contribution in [2.45, 2.75) is 19.3 Å². The molecule has 1 aliphatic carbocycles. The normalized spacial score (nSPS) is 13.4. The van der Waals surface area contributed by atoms with Gasteiger partial charge in [-0.05, 0) is 81.2 Å². The number of benzene rings is 7. The van der Waals surface area contributed by atoms with Crippen LogP contribution in [0, 0.1) is 0 Å². The summed E-state index contributed by atoms with van der Waals surface area (Å²) in [6, 6.07) is 57.0. The predicted octanol–water partition coefficient (Wildman–Crippen LogP) is 12.3. The van der Waals surface area contributed by atoms with E-state index in [4.69, 9.17) is 15.0 Å². The quantitative estimate of drug-likeness (QED) is 0.172. The Bertz CT molecular complexity index is 3420. The van der Waals surface area contributed by atoms with Crippen molar-refractivity contribution < 1.29 is 0 Å². The highest BCUT2D eigenvalue weighted by Gasteiger charge is 2.35. The standard InChI is InChI=1S/C50H33N5/c1-50(2)40-18-7-5-15-34(40)35-23-22-31(25-41(35)50)30-12-11-13-32(24-30)43-27-48(52-29-51-43)54-44-20-9-6-16-36(44)39-26-38-33-14-3-4-17-37(33)49-53-42-19-8-10-21-45(42)55(49)47(38)28-46(39)54/h3-29H,1-2H3. The molecule has 258 valence electrons. The van der Waals surface area contributed by atoms with Crippen molar-refractivity contribution in [1.82, 2.24) is 23.9 Å². The fourth-order valence-electron chi connectivity index (χ4n) is 9.38. The second-order valence-electron chi connectivity index (χ2n) is 15.3. The van der Waals surface area contributed by atoms with E-state index in [9.17, 15) is 0 Å². The molecule has 1 aliphatic rings. The Balaban J connectivity index is 1.04. The zero-order chi connectivity index (χ0) is 36.4. The molecule has 0 fully saturated rings. The summed E-state index contributed by atoms with van der Waals surface area (Å²) in [6.45, 7) is 4.67. The lowest BCUT2D eigenvalue weighted by atomic mass is 9.81. The summed E-state index contributed by atoms with van der Waals surface area (Å²) in [6.07, 6.45) is 1.70. The molecule has 0 bridgehead atoms. The van der Waals surface area contributed by atoms with E-state index in [1.54, 1.807) is 6.33 Å². The Hall–Kier alpha value is -7.11. The molecule has 0 amide bonds. The average molecular weight is 704 g/mol. The minimum absolute atomic E-state index is 0.0570. The lowest BCUT2D eigenvalue weighted by Crippen LogP contribution is -2.14. The molecule has 0 saturated carbocycles. The van der Waals surface area contributed by atoms with Crippen LogP contribution in [0.2, 0.25) is 0 Å². The Morgan fingerprint density at radius 3 is 2.07 bits per heavy atom. The van der Waals surface area contributed by atoms with Crippen LogP contribution in [0.4, 0.5) is 0 Å². The van der Waals surface area contributed by atoms with Crippen molar-refractivity contribution in [1.29, 1.82) is 0 Å². The number of pyridine rings is 1. The molecule has 0 spiro atoms. The number of rotatable bonds is 3. The molecule has 5 heteroatoms. The van der Waals surface area contributed by atoms with Crippen LogP contribution in [0.3, 0.4) is 0 Å². The maximum atomic E-state index is 5.14. The van der Waals surface area contributed by atoms with Gasteiger partial charge in [-0.15, -0.1) is 0 Å². The van der Waals surface area contributed by atoms with Crippen LogP contribution in [0.15, 0.2) is 164 Å². The Morgan fingerprint density at radius 1 is 0.455 bits per heavy atom. The molecular weight excluding hydrogens is 671 g/mol. The lowest BCUT2D eigenvalue weighted by molar-refractivity contribution is 0.660. The van der Waals surface area contributed by atoms with Gasteiger partial charge in [-0.1, -0.05) is 123 Å². The van der Waals surface area contributed by atoms with Crippen LogP contribution < -0.4 is 0 Å². The van der Waals surface area contributed by atoms with Crippen molar-refractivity contribution in [2.24, 2.45) is 0 Å². The minimum atomic E-state index is -0.0570. The molecule has 11 aromatic rings. The van der Waals surface area contributed by atoms with Gasteiger partial charge in [0, 0.05) is 38.6 Å². The Kier molecular flexibility index (Phi) is 6.05. The highest BCUT2D eigenvalue weighted by atomic mass is 15.1. The van der Waals surface area contributed by atoms with Gasteiger partial charge in [0.05, 0.1) is 33.3 Å². The summed E-state index contributed by atoms with van der Waals surface area (Å²) in [5, 5.41) is 5.90. The van der Waals surface area contributed by atoms with Crippen molar-refractivity contribution in [3.8, 4) is 39.3 Å². The van der Waals surface area contributed by atoms with Gasteiger partial charge in [-0.25, -0.2) is 15.0 Å². The first-order valence-electron chi connectivity index (χ1n) is 18.9. The van der Waals surface area contributed by atoms with Gasteiger partial charge in [0.25, 0.3) is 0 Å². The lowest BCUT2D eigenvalue weighted by Gasteiger charge is -2.22. The number of nitrogens with zero attached hydrogens (tertiary/aromatic N) is 5. The van der Waals surface area contributed by atoms with Gasteiger partial charge in [0.2, 0.25) is 0 Å². The van der Waals surface area contributed by atoms with Crippen LogP contribution in [-0.4, -0.2) is 23.9 Å². The number of imidazole rings is 1. The molecule has 0 saturated heterocycles. The highest BCUT2D eigenvalue weighted by molar-refractivity contribution is 6.20. The molecule has 0 aliphatic heterocycles. The van der Waals surface area contributed by atoms with E-state index in [0.29, 0.717) is 0 Å². The number of para-hydroxylation sites is 3. The average Bonchev–Trinajstić information content (AvgIpc) is 3.86. The maximum absolute atomic E-state index is 5.14. The monoisotopic (exact) mass is 703 g/mol. The predicted molar refractivity (Wildman–Crippen MR) is 226 cm³/mol. The topological polar surface area (TPSA) is 48.0 Å². The molecule has 0 N–H and O–H groups in total. The van der Waals surface area contributed by atoms with Crippen molar-refractivity contribution in [3.63, 3.8) is 0 Å². The molecule has 12 rings (SSSR count). The maximum Gasteiger partial charge on any atom is 0.146 e. The third-order valence-electron chi connectivity index (χ3n) is 12.0. The second-order valence-corrected chi connectivity index (χ2v) is 15.3. The van der Waals surface area contributed by atoms with E-state index < -0.39 is 0 Å². The van der Waals surface area contributed by atoms with Crippen LogP contribution in [0.1, 0.15) is 25.0 Å². The molecule has 7 aromatic carbocycles. The smallest absolute Gasteiger partial charge is 0.146 e. The third kappa shape index (κ3) is 4.21. The van der Waals surface area contributed by atoms with Crippen LogP contribution in [0.5, 0.6) is 0 Å². The summed E-state index contributed by atoms with van der Waals surface area (Å²) < 4.78 is 4.61. The molecule has 0 atom stereocenters. The van der Waals surface area contributed by atoms with Crippen LogP contribution in [-0.2, 0) is 5.41 Å². The number of hydrogen-bond acceptors (Lipinski definition) is 3. The van der Waals surface area contributed by atoms with Crippen LogP contribution in [0.25, 0.3) is 99.5 Å². The summed E-state index contributed by atoms with van der Waals surface area (Å²) >= 11 is 0. The number of aromatic nitrogens is 5. The fourth-order valence-corrected chi connectivity index (χ4v) is 9.38. The number of fused-ring (bicyclic) bond motifs is 14. The summed E-state index contributed by atoms with van der Waals surface area (Å²) in [7, 11) is 0. The first-order valence-corrected chi connectivity index (χ1v) is 18.9. The van der Waals surface area contributed by atoms with E-state index in [1.807, 2.05) is 0 Å². The molecule has 5 nitrogen and oxygen atoms in total. The fraction of sp³-hybridized carbons (Fsp3) is 0.0600. The first kappa shape index (κ1) is 30.4. The van der Waals surface area contributed by atoms with E-state index in [0.717, 1.165) is 55.7 Å². The molecule has 0 unspecified atom stereocenters. The SMILES string of the molecule is CC1(C)c2ccccc2-c2ccc(-c3cccc(-c4cc(-n5c6ccccc6c6cc7c8ccccc8c8nc9ccccc9n8c7cc65)ncn4)c3)cc21. The summed E-state index contributed by atoms with van der Waals surface area (Å²) in [5.74, 6) is 0.825. The van der Waals surface area contributed by atoms with Gasteiger partial charge < -0.3 is 0 Å². The highest BCUT2D eigenvalue weighted by Crippen LogP contribution is 2.49. The van der Waals surface area contributed by atoms with E-state index in [-0.39, 0.29) is 5.41 Å². The molecule has 4 aromatic heterocycles. The van der Waals surface area contributed by atoms with E-state index in [2.05, 4.69) is 181 Å². The van der Waals surface area contributed by atoms with Crippen molar-refractivity contribution >= 4 is 60.2 Å². The molecule has 0 radical (unpaired) electrons. The van der Waals surface area contributed by atoms with Gasteiger partial charge in [-0.2, -0.15) is 0 Å². The van der Waals surface area contributed by atoms with Gasteiger partial charge >= 0.3 is 0 Å². The Morgan fingerprint density at radius 2 is 1.16 bits per heavy atom. The summed E-state index contributed by atoms with van der Waals surface area (Å²) in [4.78, 5) is 14.9. The van der Waals surface area contributed by atoms with E-state index >= 15 is 0 Å². The zero-order valence-corrected chi connectivity index (χ0v) is 30.3. The summed E-state index contributed by atoms with van der Waals surface area (Å²) in [5.41, 5.74) is 16.0. The minimum Gasteiger partial charge on any atom is -0.294 e. The first-order chi connectivity index (χ1) is 27.0.